The fourth-order valence-electron chi connectivity index (χ4n) is 7.38. The second-order valence-corrected chi connectivity index (χ2v) is 15.0. The van der Waals surface area contributed by atoms with Crippen molar-refractivity contribution in [3.8, 4) is 0 Å². The topological polar surface area (TPSA) is 161 Å². The van der Waals surface area contributed by atoms with Crippen LogP contribution in [0, 0.1) is 17.8 Å². The molecule has 2 unspecified atom stereocenters. The molecule has 4 aliphatic rings. The highest BCUT2D eigenvalue weighted by atomic mass is 32.2. The van der Waals surface area contributed by atoms with Crippen LogP contribution in [0.15, 0.2) is 53.4 Å². The van der Waals surface area contributed by atoms with Gasteiger partial charge in [0.1, 0.15) is 6.10 Å². The summed E-state index contributed by atoms with van der Waals surface area (Å²) in [6.07, 6.45) is 2.54. The summed E-state index contributed by atoms with van der Waals surface area (Å²) in [6.45, 7) is 1.16. The predicted molar refractivity (Wildman–Crippen MR) is 169 cm³/mol. The van der Waals surface area contributed by atoms with Gasteiger partial charge in [0.2, 0.25) is 10.0 Å². The molecule has 0 spiro atoms. The van der Waals surface area contributed by atoms with Crippen LogP contribution in [0.4, 0.5) is 4.79 Å². The third-order valence-electron chi connectivity index (χ3n) is 9.87. The third-order valence-corrected chi connectivity index (χ3v) is 11.8. The van der Waals surface area contributed by atoms with Crippen molar-refractivity contribution < 1.29 is 47.2 Å². The number of hydrogen-bond acceptors (Lipinski definition) is 9. The number of fused-ring (bicyclic) bond motifs is 2. The second-order valence-electron chi connectivity index (χ2n) is 13.0. The van der Waals surface area contributed by atoms with Crippen molar-refractivity contribution in [2.45, 2.75) is 81.0 Å². The molecule has 2 aromatic rings. The highest BCUT2D eigenvalue weighted by Crippen LogP contribution is 2.49. The van der Waals surface area contributed by atoms with Gasteiger partial charge < -0.3 is 34.5 Å². The van der Waals surface area contributed by atoms with Crippen LogP contribution in [0.25, 0.3) is 0 Å². The minimum absolute atomic E-state index is 0.0403. The lowest BCUT2D eigenvalue weighted by Crippen LogP contribution is -2.51. The summed E-state index contributed by atoms with van der Waals surface area (Å²) in [6, 6.07) is 12.4. The number of carbonyl (C=O) groups excluding carboxylic acids is 1. The van der Waals surface area contributed by atoms with Crippen molar-refractivity contribution in [2.75, 3.05) is 32.9 Å². The predicted octanol–water partition coefficient (Wildman–Crippen LogP) is 3.56. The molecule has 256 valence electrons. The van der Waals surface area contributed by atoms with Gasteiger partial charge in [-0.1, -0.05) is 49.6 Å². The van der Waals surface area contributed by atoms with E-state index in [2.05, 4.69) is 5.32 Å². The molecule has 0 radical (unpaired) electrons. The Hall–Kier alpha value is -3.07. The normalized spacial score (nSPS) is 28.9. The van der Waals surface area contributed by atoms with Crippen LogP contribution in [0.5, 0.6) is 0 Å². The molecule has 3 fully saturated rings. The number of β-amino-alcohol motifs (C(OH)–C–C–N with tert-alkyl or cyclic N) is 1. The number of amides is 1. The summed E-state index contributed by atoms with van der Waals surface area (Å²) in [4.78, 5) is 25.0. The first-order valence-corrected chi connectivity index (χ1v) is 18.0. The molecular weight excluding hydrogens is 628 g/mol. The number of benzene rings is 2. The fourth-order valence-corrected chi connectivity index (χ4v) is 9.06. The molecule has 7 atom stereocenters. The number of carboxylic acid groups (broad SMARTS) is 1. The summed E-state index contributed by atoms with van der Waals surface area (Å²) < 4.78 is 53.0. The van der Waals surface area contributed by atoms with Gasteiger partial charge in [0.25, 0.3) is 0 Å². The summed E-state index contributed by atoms with van der Waals surface area (Å²) in [5, 5.41) is 24.1. The Balaban J connectivity index is 1.23. The van der Waals surface area contributed by atoms with Crippen molar-refractivity contribution in [3.63, 3.8) is 0 Å². The number of nitrogens with one attached hydrogen (secondary N) is 1. The van der Waals surface area contributed by atoms with Crippen LogP contribution in [0.3, 0.4) is 0 Å². The monoisotopic (exact) mass is 672 g/mol. The number of aliphatic hydroxyl groups excluding tert-OH is 1. The van der Waals surface area contributed by atoms with Crippen LogP contribution >= 0.6 is 0 Å². The van der Waals surface area contributed by atoms with Crippen LogP contribution in [0.1, 0.15) is 60.0 Å². The average Bonchev–Trinajstić information content (AvgIpc) is 3.59. The molecular formula is C34H44N2O10S. The Morgan fingerprint density at radius 1 is 1.00 bits per heavy atom. The molecule has 47 heavy (non-hydrogen) atoms. The molecule has 3 N–H and O–H groups in total. The molecule has 12 nitrogen and oxygen atoms in total. The molecule has 1 amide bonds. The summed E-state index contributed by atoms with van der Waals surface area (Å²) in [5.74, 6) is -0.842. The Labute approximate surface area is 275 Å². The van der Waals surface area contributed by atoms with Crippen LogP contribution < -0.4 is 5.32 Å². The first-order chi connectivity index (χ1) is 22.7. The van der Waals surface area contributed by atoms with E-state index in [1.54, 1.807) is 0 Å². The van der Waals surface area contributed by atoms with E-state index in [9.17, 15) is 28.2 Å². The Bertz CT molecular complexity index is 1510. The van der Waals surface area contributed by atoms with E-state index in [1.165, 1.54) is 22.5 Å². The van der Waals surface area contributed by atoms with E-state index in [4.69, 9.17) is 18.9 Å². The number of rotatable bonds is 8. The van der Waals surface area contributed by atoms with Crippen molar-refractivity contribution in [3.05, 3.63) is 65.2 Å². The number of aromatic carboxylic acids is 1. The van der Waals surface area contributed by atoms with Crippen LogP contribution in [0.2, 0.25) is 0 Å². The van der Waals surface area contributed by atoms with Crippen molar-refractivity contribution >= 4 is 22.1 Å². The summed E-state index contributed by atoms with van der Waals surface area (Å²) in [5.41, 5.74) is 1.06. The van der Waals surface area contributed by atoms with E-state index in [-0.39, 0.29) is 72.3 Å². The van der Waals surface area contributed by atoms with Gasteiger partial charge in [0, 0.05) is 37.5 Å². The smallest absolute Gasteiger partial charge is 0.407 e. The van der Waals surface area contributed by atoms with Gasteiger partial charge in [-0.15, -0.1) is 0 Å². The standard InChI is InChI=1S/C34H44N2O10S/c37-29(18-36-13-7-2-1-3-8-14-43-19-24-16-23(32(38)39)11-12-30(24)47(36,41)42)28(15-22-9-5-4-6-10-22)35-34(40)46-31-25-17-26-27(31)21-45-33(26)44-20-25/h4-6,9-12,16,25-29,31,33,37H,1-3,7-8,13-15,17-21H2,(H,35,40)(H,38,39)/t25?,26?,27-,28+,29-,31+,33+/m1/s1. The number of ether oxygens (including phenoxy) is 4. The number of hydrogen-bond donors (Lipinski definition) is 3. The van der Waals surface area contributed by atoms with Gasteiger partial charge in [-0.3, -0.25) is 0 Å². The maximum Gasteiger partial charge on any atom is 0.407 e. The zero-order chi connectivity index (χ0) is 33.0. The van der Waals surface area contributed by atoms with Gasteiger partial charge in [-0.2, -0.15) is 4.31 Å². The second kappa shape index (κ2) is 15.0. The van der Waals surface area contributed by atoms with Crippen molar-refractivity contribution in [2.24, 2.45) is 17.8 Å². The van der Waals surface area contributed by atoms with Crippen molar-refractivity contribution in [1.82, 2.24) is 9.62 Å². The Morgan fingerprint density at radius 2 is 1.77 bits per heavy atom. The maximum atomic E-state index is 14.2. The average molecular weight is 673 g/mol. The molecule has 6 rings (SSSR count). The molecule has 2 saturated heterocycles. The lowest BCUT2D eigenvalue weighted by Gasteiger charge is -2.31. The maximum absolute atomic E-state index is 14.2. The number of carbonyl (C=O) groups is 2. The van der Waals surface area contributed by atoms with Gasteiger partial charge in [-0.25, -0.2) is 18.0 Å². The minimum Gasteiger partial charge on any atom is -0.478 e. The molecule has 2 aromatic carbocycles. The number of sulfonamides is 1. The fraction of sp³-hybridized carbons (Fsp3) is 0.588. The van der Waals surface area contributed by atoms with Crippen molar-refractivity contribution in [1.29, 1.82) is 0 Å². The van der Waals surface area contributed by atoms with Gasteiger partial charge in [0.15, 0.2) is 6.29 Å². The lowest BCUT2D eigenvalue weighted by molar-refractivity contribution is -0.169. The van der Waals surface area contributed by atoms with E-state index >= 15 is 0 Å². The number of carboxylic acids is 1. The largest absolute Gasteiger partial charge is 0.478 e. The Morgan fingerprint density at radius 3 is 2.57 bits per heavy atom. The number of aliphatic hydroxyl groups is 1. The first-order valence-electron chi connectivity index (χ1n) is 16.6. The lowest BCUT2D eigenvalue weighted by atomic mass is 9.98. The summed E-state index contributed by atoms with van der Waals surface area (Å²) in [7, 11) is -4.20. The minimum atomic E-state index is -4.20. The SMILES string of the molecule is O=C(N[C@@H](Cc1ccccc1)[C@H](O)CN1CCCCCCCOCc2cc(C(=O)O)ccc2S1(=O)=O)O[C@H]1C2CO[C@H]3OC[C@@H]1C3C2. The number of nitrogens with zero attached hydrogens (tertiary/aromatic N) is 1. The molecule has 1 aliphatic carbocycles. The molecule has 13 heteroatoms. The quantitative estimate of drug-likeness (QED) is 0.378. The molecule has 0 aromatic heterocycles. The van der Waals surface area contributed by atoms with E-state index in [0.29, 0.717) is 26.2 Å². The van der Waals surface area contributed by atoms with E-state index < -0.39 is 34.2 Å². The molecule has 1 saturated carbocycles. The van der Waals surface area contributed by atoms with E-state index in [1.807, 2.05) is 30.3 Å². The van der Waals surface area contributed by atoms with Gasteiger partial charge in [0.05, 0.1) is 42.4 Å². The Kier molecular flexibility index (Phi) is 10.8. The van der Waals surface area contributed by atoms with E-state index in [0.717, 1.165) is 37.7 Å². The zero-order valence-corrected chi connectivity index (χ0v) is 27.2. The zero-order valence-electron chi connectivity index (χ0n) is 26.4. The third kappa shape index (κ3) is 7.82. The number of alkyl carbamates (subject to hydrolysis) is 1. The highest BCUT2D eigenvalue weighted by molar-refractivity contribution is 7.89. The van der Waals surface area contributed by atoms with Gasteiger partial charge in [-0.05, 0) is 55.0 Å². The van der Waals surface area contributed by atoms with Crippen LogP contribution in [-0.2, 0) is 42.0 Å². The highest BCUT2D eigenvalue weighted by Gasteiger charge is 2.56. The van der Waals surface area contributed by atoms with Gasteiger partial charge >= 0.3 is 12.1 Å². The van der Waals surface area contributed by atoms with Crippen LogP contribution in [-0.4, -0.2) is 92.4 Å². The molecule has 3 heterocycles. The summed E-state index contributed by atoms with van der Waals surface area (Å²) >= 11 is 0. The molecule has 3 aliphatic heterocycles. The first kappa shape index (κ1) is 33.8. The molecule has 2 bridgehead atoms.